The van der Waals surface area contributed by atoms with Crippen LogP contribution >= 0.6 is 0 Å². The van der Waals surface area contributed by atoms with Gasteiger partial charge in [-0.15, -0.1) is 0 Å². The van der Waals surface area contributed by atoms with Crippen LogP contribution in [0.4, 0.5) is 0 Å². The van der Waals surface area contributed by atoms with Crippen LogP contribution in [0.15, 0.2) is 18.2 Å². The van der Waals surface area contributed by atoms with Gasteiger partial charge in [0.15, 0.2) is 0 Å². The average molecular weight is 262 g/mol. The summed E-state index contributed by atoms with van der Waals surface area (Å²) in [5.41, 5.74) is 3.86. The number of benzene rings is 1. The molecule has 0 saturated carbocycles. The third-order valence-electron chi connectivity index (χ3n) is 4.08. The first-order chi connectivity index (χ1) is 9.26. The molecule has 0 spiro atoms. The Morgan fingerprint density at radius 1 is 1.16 bits per heavy atom. The van der Waals surface area contributed by atoms with Gasteiger partial charge in [-0.25, -0.2) is 0 Å². The van der Waals surface area contributed by atoms with E-state index in [1.54, 1.807) is 0 Å². The van der Waals surface area contributed by atoms with Crippen molar-refractivity contribution in [1.82, 2.24) is 9.80 Å². The summed E-state index contributed by atoms with van der Waals surface area (Å²) in [5.74, 6) is 0. The molecule has 19 heavy (non-hydrogen) atoms. The predicted octanol–water partition coefficient (Wildman–Crippen LogP) is 2.23. The average Bonchev–Trinajstić information content (AvgIpc) is 2.85. The van der Waals surface area contributed by atoms with E-state index in [-0.39, 0.29) is 6.61 Å². The van der Waals surface area contributed by atoms with E-state index in [4.69, 9.17) is 0 Å². The van der Waals surface area contributed by atoms with Crippen molar-refractivity contribution >= 4 is 0 Å². The van der Waals surface area contributed by atoms with Crippen molar-refractivity contribution in [3.63, 3.8) is 0 Å². The molecule has 0 radical (unpaired) electrons. The summed E-state index contributed by atoms with van der Waals surface area (Å²) in [6.45, 7) is 11.4. The first-order valence-corrected chi connectivity index (χ1v) is 7.43. The van der Waals surface area contributed by atoms with E-state index in [0.29, 0.717) is 0 Å². The van der Waals surface area contributed by atoms with E-state index >= 15 is 0 Å². The summed E-state index contributed by atoms with van der Waals surface area (Å²) in [5, 5.41) is 9.17. The molecule has 0 fully saturated rings. The normalized spacial score (nSPS) is 15.2. The molecule has 1 aromatic carbocycles. The highest BCUT2D eigenvalue weighted by molar-refractivity contribution is 5.34. The lowest BCUT2D eigenvalue weighted by Crippen LogP contribution is -2.27. The van der Waals surface area contributed by atoms with Crippen LogP contribution in [0, 0.1) is 0 Å². The van der Waals surface area contributed by atoms with E-state index < -0.39 is 0 Å². The summed E-state index contributed by atoms with van der Waals surface area (Å²) in [6, 6.07) is 6.36. The van der Waals surface area contributed by atoms with Crippen molar-refractivity contribution in [1.29, 1.82) is 0 Å². The first kappa shape index (κ1) is 14.5. The van der Waals surface area contributed by atoms with Crippen molar-refractivity contribution < 1.29 is 5.11 Å². The number of hydrogen-bond donors (Lipinski definition) is 1. The minimum absolute atomic E-state index is 0.148. The van der Waals surface area contributed by atoms with Crippen LogP contribution in [0.3, 0.4) is 0 Å². The van der Waals surface area contributed by atoms with Crippen LogP contribution in [0.5, 0.6) is 0 Å². The Morgan fingerprint density at radius 2 is 1.89 bits per heavy atom. The van der Waals surface area contributed by atoms with Crippen molar-refractivity contribution in [3.05, 3.63) is 34.9 Å². The second-order valence-corrected chi connectivity index (χ2v) is 5.35. The zero-order valence-electron chi connectivity index (χ0n) is 12.2. The quantitative estimate of drug-likeness (QED) is 0.816. The van der Waals surface area contributed by atoms with Crippen LogP contribution < -0.4 is 0 Å². The molecule has 1 aliphatic heterocycles. The monoisotopic (exact) mass is 262 g/mol. The minimum Gasteiger partial charge on any atom is -0.392 e. The number of rotatable bonds is 7. The predicted molar refractivity (Wildman–Crippen MR) is 78.9 cm³/mol. The van der Waals surface area contributed by atoms with E-state index in [1.165, 1.54) is 30.6 Å². The largest absolute Gasteiger partial charge is 0.392 e. The summed E-state index contributed by atoms with van der Waals surface area (Å²) in [7, 11) is 0. The molecule has 0 amide bonds. The van der Waals surface area contributed by atoms with Gasteiger partial charge in [-0.2, -0.15) is 0 Å². The van der Waals surface area contributed by atoms with Crippen LogP contribution in [0.2, 0.25) is 0 Å². The van der Waals surface area contributed by atoms with Gasteiger partial charge in [-0.1, -0.05) is 32.0 Å². The fraction of sp³-hybridized carbons (Fsp3) is 0.625. The van der Waals surface area contributed by atoms with Crippen LogP contribution in [0.25, 0.3) is 0 Å². The second-order valence-electron chi connectivity index (χ2n) is 5.35. The molecule has 1 N–H and O–H groups in total. The number of nitrogens with zero attached hydrogens (tertiary/aromatic N) is 2. The molecule has 0 bridgehead atoms. The van der Waals surface area contributed by atoms with Gasteiger partial charge >= 0.3 is 0 Å². The number of fused-ring (bicyclic) bond motifs is 1. The zero-order valence-corrected chi connectivity index (χ0v) is 12.2. The molecule has 0 atom stereocenters. The van der Waals surface area contributed by atoms with Gasteiger partial charge in [0.2, 0.25) is 0 Å². The third-order valence-corrected chi connectivity index (χ3v) is 4.08. The van der Waals surface area contributed by atoms with Gasteiger partial charge in [0, 0.05) is 19.6 Å². The van der Waals surface area contributed by atoms with Gasteiger partial charge in [0.25, 0.3) is 0 Å². The molecule has 1 aromatic rings. The summed E-state index contributed by atoms with van der Waals surface area (Å²) < 4.78 is 0. The Morgan fingerprint density at radius 3 is 2.58 bits per heavy atom. The van der Waals surface area contributed by atoms with Gasteiger partial charge < -0.3 is 10.0 Å². The fourth-order valence-electron chi connectivity index (χ4n) is 2.83. The summed E-state index contributed by atoms with van der Waals surface area (Å²) in [4.78, 5) is 4.99. The van der Waals surface area contributed by atoms with Gasteiger partial charge in [0.1, 0.15) is 0 Å². The Labute approximate surface area is 116 Å². The van der Waals surface area contributed by atoms with Crippen molar-refractivity contribution in [3.8, 4) is 0 Å². The lowest BCUT2D eigenvalue weighted by atomic mass is 10.1. The molecule has 2 rings (SSSR count). The van der Waals surface area contributed by atoms with Crippen LogP contribution in [-0.2, 0) is 19.7 Å². The Bertz CT molecular complexity index is 402. The minimum atomic E-state index is 0.148. The maximum absolute atomic E-state index is 9.17. The highest BCUT2D eigenvalue weighted by atomic mass is 16.3. The van der Waals surface area contributed by atoms with Gasteiger partial charge in [-0.05, 0) is 42.7 Å². The smallest absolute Gasteiger partial charge is 0.0681 e. The third kappa shape index (κ3) is 3.78. The van der Waals surface area contributed by atoms with Crippen LogP contribution in [-0.4, -0.2) is 41.1 Å². The molecular weight excluding hydrogens is 236 g/mol. The molecule has 0 aromatic heterocycles. The van der Waals surface area contributed by atoms with Gasteiger partial charge in [-0.3, -0.25) is 4.90 Å². The van der Waals surface area contributed by atoms with Crippen molar-refractivity contribution in [2.45, 2.75) is 40.0 Å². The Hall–Kier alpha value is -0.900. The Kier molecular flexibility index (Phi) is 5.37. The molecule has 0 unspecified atom stereocenters. The van der Waals surface area contributed by atoms with Crippen molar-refractivity contribution in [2.24, 2.45) is 0 Å². The molecule has 1 aliphatic rings. The topological polar surface area (TPSA) is 26.7 Å². The SMILES string of the molecule is CCN(CC)CCCN1Cc2ccc(CO)cc2C1. The number of aliphatic hydroxyl groups is 1. The van der Waals surface area contributed by atoms with E-state index in [0.717, 1.165) is 31.7 Å². The van der Waals surface area contributed by atoms with E-state index in [1.807, 2.05) is 6.07 Å². The molecule has 106 valence electrons. The molecule has 0 saturated heterocycles. The summed E-state index contributed by atoms with van der Waals surface area (Å²) in [6.07, 6.45) is 1.24. The second kappa shape index (κ2) is 7.04. The lowest BCUT2D eigenvalue weighted by molar-refractivity contribution is 0.240. The van der Waals surface area contributed by atoms with Gasteiger partial charge in [0.05, 0.1) is 6.61 Å². The molecular formula is C16H26N2O. The molecule has 0 aliphatic carbocycles. The number of hydrogen-bond acceptors (Lipinski definition) is 3. The maximum atomic E-state index is 9.17. The maximum Gasteiger partial charge on any atom is 0.0681 e. The highest BCUT2D eigenvalue weighted by Crippen LogP contribution is 2.23. The Balaban J connectivity index is 1.80. The first-order valence-electron chi connectivity index (χ1n) is 7.43. The van der Waals surface area contributed by atoms with E-state index in [9.17, 15) is 5.11 Å². The number of aliphatic hydroxyl groups excluding tert-OH is 1. The standard InChI is InChI=1S/C16H26N2O/c1-3-17(4-2)8-5-9-18-11-15-7-6-14(13-19)10-16(15)12-18/h6-7,10,19H,3-5,8-9,11-13H2,1-2H3. The van der Waals surface area contributed by atoms with Crippen LogP contribution in [0.1, 0.15) is 37.0 Å². The molecule has 3 heteroatoms. The summed E-state index contributed by atoms with van der Waals surface area (Å²) >= 11 is 0. The highest BCUT2D eigenvalue weighted by Gasteiger charge is 2.18. The molecule has 1 heterocycles. The fourth-order valence-corrected chi connectivity index (χ4v) is 2.83. The molecule has 3 nitrogen and oxygen atoms in total. The van der Waals surface area contributed by atoms with Crippen molar-refractivity contribution in [2.75, 3.05) is 26.2 Å². The zero-order chi connectivity index (χ0) is 13.7. The lowest BCUT2D eigenvalue weighted by Gasteiger charge is -2.20. The van der Waals surface area contributed by atoms with E-state index in [2.05, 4.69) is 35.8 Å².